The minimum atomic E-state index is -1.87. The number of halogens is 1. The molecule has 0 heterocycles. The van der Waals surface area contributed by atoms with Gasteiger partial charge < -0.3 is 5.11 Å². The summed E-state index contributed by atoms with van der Waals surface area (Å²) in [6.07, 6.45) is 0. The van der Waals surface area contributed by atoms with E-state index in [1.165, 1.54) is 0 Å². The molecule has 2 aromatic carbocycles. The summed E-state index contributed by atoms with van der Waals surface area (Å²) < 4.78 is 5.39. The third-order valence-corrected chi connectivity index (χ3v) is 7.19. The van der Waals surface area contributed by atoms with Gasteiger partial charge in [-0.1, -0.05) is 11.6 Å². The number of phenolic OH excluding ortho intramolecular Hbond substituents is 1. The van der Waals surface area contributed by atoms with Gasteiger partial charge in [-0.05, 0) is 30.7 Å². The summed E-state index contributed by atoms with van der Waals surface area (Å²) in [4.78, 5) is 9.81. The van der Waals surface area contributed by atoms with Crippen LogP contribution in [0.1, 0.15) is 5.56 Å². The Morgan fingerprint density at radius 1 is 1.25 bits per heavy atom. The normalized spacial score (nSPS) is 8.90. The molecule has 0 bridgehead atoms. The second-order valence-electron chi connectivity index (χ2n) is 3.92. The van der Waals surface area contributed by atoms with Crippen molar-refractivity contribution in [3.63, 3.8) is 0 Å². The number of hydrogen-bond acceptors (Lipinski definition) is 4. The second-order valence-corrected chi connectivity index (χ2v) is 9.62. The van der Waals surface area contributed by atoms with Crippen molar-refractivity contribution in [3.8, 4) is 5.75 Å². The second kappa shape index (κ2) is 8.76. The van der Waals surface area contributed by atoms with Crippen molar-refractivity contribution in [2.24, 2.45) is 0 Å². The zero-order chi connectivity index (χ0) is 15.0. The van der Waals surface area contributed by atoms with Crippen molar-refractivity contribution in [3.05, 3.63) is 69.2 Å². The molecular formula is C13H12ClHgNO4. The molecule has 0 aliphatic heterocycles. The Labute approximate surface area is 134 Å². The van der Waals surface area contributed by atoms with Crippen LogP contribution in [-0.4, -0.2) is 10.2 Å². The molecule has 2 aromatic rings. The van der Waals surface area contributed by atoms with E-state index >= 15 is 0 Å². The maximum absolute atomic E-state index is 9.81. The summed E-state index contributed by atoms with van der Waals surface area (Å²) in [5.74, 6) is 0.261. The number of aryl methyl sites for hydroxylation is 1. The number of nitrogens with zero attached hydrogens (tertiary/aromatic N) is 1. The van der Waals surface area contributed by atoms with E-state index in [1.54, 1.807) is 18.2 Å². The van der Waals surface area contributed by atoms with Crippen LogP contribution >= 0.6 is 11.6 Å². The average Bonchev–Trinajstić information content (AvgIpc) is 2.43. The van der Waals surface area contributed by atoms with E-state index in [9.17, 15) is 10.1 Å². The van der Waals surface area contributed by atoms with Crippen LogP contribution < -0.4 is 3.07 Å². The van der Waals surface area contributed by atoms with Crippen LogP contribution in [0.5, 0.6) is 5.75 Å². The van der Waals surface area contributed by atoms with E-state index in [4.69, 9.17) is 16.7 Å². The minimum absolute atomic E-state index is 0.261. The zero-order valence-electron chi connectivity index (χ0n) is 10.8. The first-order chi connectivity index (χ1) is 9.49. The summed E-state index contributed by atoms with van der Waals surface area (Å²) in [5, 5.41) is 18.7. The SMILES string of the molecule is Cc1cc(O)ccc1Cl.O=[N+]([O-])[O][Hg][c]1ccccc1. The van der Waals surface area contributed by atoms with Crippen molar-refractivity contribution < 1.29 is 38.0 Å². The molecule has 0 spiro atoms. The van der Waals surface area contributed by atoms with Gasteiger partial charge in [-0.2, -0.15) is 0 Å². The molecule has 0 atom stereocenters. The van der Waals surface area contributed by atoms with Crippen molar-refractivity contribution in [2.75, 3.05) is 0 Å². The van der Waals surface area contributed by atoms with Gasteiger partial charge in [0.05, 0.1) is 0 Å². The molecule has 7 heteroatoms. The van der Waals surface area contributed by atoms with Gasteiger partial charge in [0.15, 0.2) is 0 Å². The van der Waals surface area contributed by atoms with E-state index in [0.717, 1.165) is 8.64 Å². The van der Waals surface area contributed by atoms with E-state index in [-0.39, 0.29) is 5.75 Å². The Kier molecular flexibility index (Phi) is 7.32. The average molecular weight is 482 g/mol. The molecule has 0 unspecified atom stereocenters. The Morgan fingerprint density at radius 2 is 1.90 bits per heavy atom. The molecule has 0 saturated heterocycles. The molecule has 0 aromatic heterocycles. The molecule has 0 amide bonds. The number of benzene rings is 2. The van der Waals surface area contributed by atoms with Gasteiger partial charge in [-0.3, -0.25) is 0 Å². The molecule has 0 fully saturated rings. The van der Waals surface area contributed by atoms with Gasteiger partial charge in [0.1, 0.15) is 5.75 Å². The van der Waals surface area contributed by atoms with Crippen LogP contribution in [0.4, 0.5) is 0 Å². The molecule has 1 N–H and O–H groups in total. The van der Waals surface area contributed by atoms with E-state index in [0.29, 0.717) is 5.02 Å². The topological polar surface area (TPSA) is 72.6 Å². The first-order valence-electron chi connectivity index (χ1n) is 5.75. The van der Waals surface area contributed by atoms with Crippen LogP contribution in [0.2, 0.25) is 5.02 Å². The summed E-state index contributed by atoms with van der Waals surface area (Å²) in [6, 6.07) is 14.2. The van der Waals surface area contributed by atoms with Crippen LogP contribution in [0.3, 0.4) is 0 Å². The molecule has 0 aliphatic carbocycles. The third kappa shape index (κ3) is 6.72. The van der Waals surface area contributed by atoms with Crippen molar-refractivity contribution in [2.45, 2.75) is 6.92 Å². The standard InChI is InChI=1S/C7H7ClO.C6H5.Hg.NO3/c1-5-4-6(9)2-3-7(5)8;1-2-4-6-5-3-1;;2-1(3)4/h2-4,9H,1H3;1-5H;;/q;;+1;-1. The Hall–Kier alpha value is -1.33. The van der Waals surface area contributed by atoms with Crippen LogP contribution in [0.15, 0.2) is 48.5 Å². The molecule has 20 heavy (non-hydrogen) atoms. The van der Waals surface area contributed by atoms with Gasteiger partial charge in [0, 0.05) is 5.02 Å². The van der Waals surface area contributed by atoms with Gasteiger partial charge in [-0.25, -0.2) is 0 Å². The number of phenols is 1. The van der Waals surface area contributed by atoms with Crippen LogP contribution in [0.25, 0.3) is 0 Å². The van der Waals surface area contributed by atoms with Crippen molar-refractivity contribution >= 4 is 14.7 Å². The Balaban J connectivity index is 0.000000204. The third-order valence-electron chi connectivity index (χ3n) is 2.32. The Bertz CT molecular complexity index is 566. The zero-order valence-corrected chi connectivity index (χ0v) is 17.1. The Morgan fingerprint density at radius 3 is 2.40 bits per heavy atom. The van der Waals surface area contributed by atoms with Crippen LogP contribution in [-0.2, 0) is 27.8 Å². The molecule has 0 aliphatic rings. The first-order valence-corrected chi connectivity index (χ1v) is 11.1. The van der Waals surface area contributed by atoms with Crippen molar-refractivity contribution in [1.29, 1.82) is 0 Å². The van der Waals surface area contributed by atoms with E-state index in [2.05, 4.69) is 2.75 Å². The summed E-state index contributed by atoms with van der Waals surface area (Å²) in [5.41, 5.74) is 0.900. The van der Waals surface area contributed by atoms with E-state index < -0.39 is 30.1 Å². The molecule has 102 valence electrons. The summed E-state index contributed by atoms with van der Waals surface area (Å²) in [7, 11) is 0. The number of aromatic hydroxyl groups is 1. The summed E-state index contributed by atoms with van der Waals surface area (Å²) >= 11 is 3.80. The fourth-order valence-corrected chi connectivity index (χ4v) is 4.24. The number of rotatable bonds is 3. The quantitative estimate of drug-likeness (QED) is 0.415. The fourth-order valence-electron chi connectivity index (χ4n) is 1.33. The predicted octanol–water partition coefficient (Wildman–Crippen LogP) is 2.87. The summed E-state index contributed by atoms with van der Waals surface area (Å²) in [6.45, 7) is 1.85. The van der Waals surface area contributed by atoms with E-state index in [1.807, 2.05) is 37.3 Å². The van der Waals surface area contributed by atoms with Gasteiger partial charge >= 0.3 is 76.4 Å². The van der Waals surface area contributed by atoms with Gasteiger partial charge in [-0.15, -0.1) is 0 Å². The monoisotopic (exact) mass is 483 g/mol. The fraction of sp³-hybridized carbons (Fsp3) is 0.0769. The van der Waals surface area contributed by atoms with Crippen molar-refractivity contribution in [1.82, 2.24) is 0 Å². The predicted molar refractivity (Wildman–Crippen MR) is 72.0 cm³/mol. The first kappa shape index (κ1) is 16.7. The van der Waals surface area contributed by atoms with Gasteiger partial charge in [0.2, 0.25) is 0 Å². The van der Waals surface area contributed by atoms with Crippen LogP contribution in [0, 0.1) is 17.0 Å². The molecule has 5 nitrogen and oxygen atoms in total. The molecule has 0 saturated carbocycles. The van der Waals surface area contributed by atoms with Gasteiger partial charge in [0.25, 0.3) is 0 Å². The maximum atomic E-state index is 9.81. The molecule has 2 rings (SSSR count). The molecular weight excluding hydrogens is 470 g/mol. The molecule has 0 radical (unpaired) electrons. The number of hydrogen-bond donors (Lipinski definition) is 1.